The van der Waals surface area contributed by atoms with Crippen molar-refractivity contribution in [3.63, 3.8) is 0 Å². The summed E-state index contributed by atoms with van der Waals surface area (Å²) < 4.78 is 0. The van der Waals surface area contributed by atoms with Crippen molar-refractivity contribution >= 4 is 23.0 Å². The molecule has 3 rings (SSSR count). The normalized spacial score (nSPS) is 17.1. The van der Waals surface area contributed by atoms with E-state index >= 15 is 0 Å². The molecule has 0 spiro atoms. The number of nitro benzene ring substituents is 1. The minimum atomic E-state index is -0.382. The Morgan fingerprint density at radius 3 is 2.86 bits per heavy atom. The highest BCUT2D eigenvalue weighted by molar-refractivity contribution is 6.31. The summed E-state index contributed by atoms with van der Waals surface area (Å²) in [6.45, 7) is 0. The van der Waals surface area contributed by atoms with E-state index in [2.05, 4.69) is 17.4 Å². The van der Waals surface area contributed by atoms with Gasteiger partial charge in [-0.25, -0.2) is 0 Å². The summed E-state index contributed by atoms with van der Waals surface area (Å²) in [6.07, 6.45) is 3.09. The zero-order valence-corrected chi connectivity index (χ0v) is 12.1. The molecule has 0 saturated carbocycles. The molecule has 1 N–H and O–H groups in total. The van der Waals surface area contributed by atoms with Crippen LogP contribution in [0.3, 0.4) is 0 Å². The predicted octanol–water partition coefficient (Wildman–Crippen LogP) is 4.74. The summed E-state index contributed by atoms with van der Waals surface area (Å²) in [6, 6.07) is 12.9. The Kier molecular flexibility index (Phi) is 3.80. The molecular weight excluding hydrogens is 288 g/mol. The first-order valence-electron chi connectivity index (χ1n) is 6.93. The molecule has 1 atom stereocenters. The van der Waals surface area contributed by atoms with Crippen LogP contribution in [0.25, 0.3) is 0 Å². The highest BCUT2D eigenvalue weighted by Crippen LogP contribution is 2.36. The van der Waals surface area contributed by atoms with Gasteiger partial charge in [0.25, 0.3) is 5.69 Å². The van der Waals surface area contributed by atoms with E-state index in [1.54, 1.807) is 12.1 Å². The first-order chi connectivity index (χ1) is 10.1. The lowest BCUT2D eigenvalue weighted by atomic mass is 9.87. The molecule has 21 heavy (non-hydrogen) atoms. The standard InChI is InChI=1S/C16H15ClN2O2/c17-12-8-9-16(19(20)21)15(10-12)18-14-7-3-5-11-4-1-2-6-13(11)14/h1-2,4,6,8-10,14,18H,3,5,7H2. The van der Waals surface area contributed by atoms with Gasteiger partial charge in [0, 0.05) is 11.1 Å². The van der Waals surface area contributed by atoms with Crippen molar-refractivity contribution in [2.45, 2.75) is 25.3 Å². The molecule has 0 aliphatic heterocycles. The Morgan fingerprint density at radius 1 is 1.24 bits per heavy atom. The lowest BCUT2D eigenvalue weighted by Gasteiger charge is -2.27. The average Bonchev–Trinajstić information content (AvgIpc) is 2.47. The fraction of sp³-hybridized carbons (Fsp3) is 0.250. The fourth-order valence-electron chi connectivity index (χ4n) is 2.87. The second kappa shape index (κ2) is 5.74. The maximum Gasteiger partial charge on any atom is 0.292 e. The van der Waals surface area contributed by atoms with E-state index in [4.69, 9.17) is 11.6 Å². The fourth-order valence-corrected chi connectivity index (χ4v) is 3.05. The number of nitrogens with one attached hydrogen (secondary N) is 1. The summed E-state index contributed by atoms with van der Waals surface area (Å²) in [7, 11) is 0. The molecule has 0 fully saturated rings. The summed E-state index contributed by atoms with van der Waals surface area (Å²) in [5.41, 5.74) is 3.07. The van der Waals surface area contributed by atoms with Gasteiger partial charge < -0.3 is 5.32 Å². The van der Waals surface area contributed by atoms with Crippen molar-refractivity contribution in [1.82, 2.24) is 0 Å². The summed E-state index contributed by atoms with van der Waals surface area (Å²) in [4.78, 5) is 10.8. The van der Waals surface area contributed by atoms with Crippen LogP contribution in [0.4, 0.5) is 11.4 Å². The van der Waals surface area contributed by atoms with E-state index < -0.39 is 0 Å². The molecule has 0 saturated heterocycles. The van der Waals surface area contributed by atoms with Crippen LogP contribution in [0.15, 0.2) is 42.5 Å². The van der Waals surface area contributed by atoms with Crippen LogP contribution in [0.1, 0.15) is 30.0 Å². The summed E-state index contributed by atoms with van der Waals surface area (Å²) in [5.74, 6) is 0. The molecule has 0 radical (unpaired) electrons. The number of benzene rings is 2. The number of hydrogen-bond acceptors (Lipinski definition) is 3. The monoisotopic (exact) mass is 302 g/mol. The van der Waals surface area contributed by atoms with Crippen LogP contribution in [0, 0.1) is 10.1 Å². The Labute approximate surface area is 127 Å². The first-order valence-corrected chi connectivity index (χ1v) is 7.31. The highest BCUT2D eigenvalue weighted by atomic mass is 35.5. The zero-order valence-electron chi connectivity index (χ0n) is 11.4. The van der Waals surface area contributed by atoms with Gasteiger partial charge in [0.15, 0.2) is 0 Å². The first kappa shape index (κ1) is 13.9. The average molecular weight is 303 g/mol. The zero-order chi connectivity index (χ0) is 14.8. The van der Waals surface area contributed by atoms with Crippen LogP contribution in [-0.4, -0.2) is 4.92 Å². The third-order valence-electron chi connectivity index (χ3n) is 3.85. The van der Waals surface area contributed by atoms with E-state index in [0.717, 1.165) is 19.3 Å². The lowest BCUT2D eigenvalue weighted by Crippen LogP contribution is -2.17. The molecule has 0 heterocycles. The number of hydrogen-bond donors (Lipinski definition) is 1. The molecule has 4 nitrogen and oxygen atoms in total. The molecule has 0 aromatic heterocycles. The van der Waals surface area contributed by atoms with E-state index in [-0.39, 0.29) is 16.7 Å². The molecule has 2 aromatic carbocycles. The maximum absolute atomic E-state index is 11.1. The smallest absolute Gasteiger partial charge is 0.292 e. The van der Waals surface area contributed by atoms with Crippen LogP contribution in [0.2, 0.25) is 5.02 Å². The SMILES string of the molecule is O=[N+]([O-])c1ccc(Cl)cc1NC1CCCc2ccccc21. The third-order valence-corrected chi connectivity index (χ3v) is 4.09. The predicted molar refractivity (Wildman–Crippen MR) is 83.9 cm³/mol. The minimum Gasteiger partial charge on any atom is -0.373 e. The van der Waals surface area contributed by atoms with E-state index in [9.17, 15) is 10.1 Å². The van der Waals surface area contributed by atoms with Gasteiger partial charge >= 0.3 is 0 Å². The van der Waals surface area contributed by atoms with Crippen molar-refractivity contribution in [2.24, 2.45) is 0 Å². The van der Waals surface area contributed by atoms with Crippen molar-refractivity contribution in [3.8, 4) is 0 Å². The summed E-state index contributed by atoms with van der Waals surface area (Å²) in [5, 5.41) is 14.9. The maximum atomic E-state index is 11.1. The number of halogens is 1. The van der Waals surface area contributed by atoms with Gasteiger partial charge in [-0.05, 0) is 42.5 Å². The molecule has 1 unspecified atom stereocenters. The van der Waals surface area contributed by atoms with Gasteiger partial charge in [0.05, 0.1) is 11.0 Å². The quantitative estimate of drug-likeness (QED) is 0.658. The van der Waals surface area contributed by atoms with Gasteiger partial charge in [-0.15, -0.1) is 0 Å². The van der Waals surface area contributed by atoms with Gasteiger partial charge in [-0.2, -0.15) is 0 Å². The number of anilines is 1. The number of rotatable bonds is 3. The van der Waals surface area contributed by atoms with Gasteiger partial charge in [0.1, 0.15) is 5.69 Å². The molecule has 2 aromatic rings. The molecule has 1 aliphatic carbocycles. The summed E-state index contributed by atoms with van der Waals surface area (Å²) >= 11 is 5.98. The molecule has 108 valence electrons. The Balaban J connectivity index is 1.95. The van der Waals surface area contributed by atoms with Crippen molar-refractivity contribution in [1.29, 1.82) is 0 Å². The van der Waals surface area contributed by atoms with Gasteiger partial charge in [0.2, 0.25) is 0 Å². The van der Waals surface area contributed by atoms with E-state index in [0.29, 0.717) is 10.7 Å². The highest BCUT2D eigenvalue weighted by Gasteiger charge is 2.23. The second-order valence-corrected chi connectivity index (χ2v) is 5.64. The van der Waals surface area contributed by atoms with E-state index in [1.165, 1.54) is 17.2 Å². The second-order valence-electron chi connectivity index (χ2n) is 5.21. The molecular formula is C16H15ClN2O2. The van der Waals surface area contributed by atoms with Crippen LogP contribution in [-0.2, 0) is 6.42 Å². The van der Waals surface area contributed by atoms with Crippen molar-refractivity contribution in [2.75, 3.05) is 5.32 Å². The number of aryl methyl sites for hydroxylation is 1. The Hall–Kier alpha value is -2.07. The number of nitro groups is 1. The van der Waals surface area contributed by atoms with Crippen molar-refractivity contribution in [3.05, 3.63) is 68.7 Å². The van der Waals surface area contributed by atoms with Crippen LogP contribution < -0.4 is 5.32 Å². The molecule has 1 aliphatic rings. The number of nitrogens with zero attached hydrogens (tertiary/aromatic N) is 1. The topological polar surface area (TPSA) is 55.2 Å². The van der Waals surface area contributed by atoms with Crippen molar-refractivity contribution < 1.29 is 4.92 Å². The lowest BCUT2D eigenvalue weighted by molar-refractivity contribution is -0.384. The van der Waals surface area contributed by atoms with E-state index in [1.807, 2.05) is 12.1 Å². The molecule has 0 bridgehead atoms. The third kappa shape index (κ3) is 2.85. The minimum absolute atomic E-state index is 0.0578. The molecule has 5 heteroatoms. The number of fused-ring (bicyclic) bond motifs is 1. The van der Waals surface area contributed by atoms with Gasteiger partial charge in [-0.1, -0.05) is 35.9 Å². The largest absolute Gasteiger partial charge is 0.373 e. The van der Waals surface area contributed by atoms with Crippen LogP contribution in [0.5, 0.6) is 0 Å². The Bertz CT molecular complexity index is 688. The van der Waals surface area contributed by atoms with Crippen LogP contribution >= 0.6 is 11.6 Å². The molecule has 0 amide bonds. The van der Waals surface area contributed by atoms with Gasteiger partial charge in [-0.3, -0.25) is 10.1 Å². The Morgan fingerprint density at radius 2 is 2.05 bits per heavy atom.